The number of benzene rings is 3. The van der Waals surface area contributed by atoms with Crippen LogP contribution in [0, 0.1) is 21.4 Å². The van der Waals surface area contributed by atoms with Gasteiger partial charge in [0.1, 0.15) is 18.2 Å². The van der Waals surface area contributed by atoms with Crippen LogP contribution in [0.1, 0.15) is 35.6 Å². The van der Waals surface area contributed by atoms with Crippen molar-refractivity contribution in [2.24, 2.45) is 0 Å². The monoisotopic (exact) mass is 525 g/mol. The molecule has 0 aliphatic heterocycles. The Morgan fingerprint density at radius 3 is 2.56 bits per heavy atom. The summed E-state index contributed by atoms with van der Waals surface area (Å²) in [6, 6.07) is 21.7. The topological polar surface area (TPSA) is 114 Å². The number of nitro groups is 1. The van der Waals surface area contributed by atoms with E-state index in [9.17, 15) is 20.2 Å². The minimum Gasteiger partial charge on any atom is -0.490 e. The Hall–Kier alpha value is -4.90. The molecule has 0 bridgehead atoms. The third-order valence-corrected chi connectivity index (χ3v) is 5.77. The van der Waals surface area contributed by atoms with E-state index >= 15 is 0 Å². The molecule has 200 valence electrons. The zero-order valence-electron chi connectivity index (χ0n) is 21.9. The Kier molecular flexibility index (Phi) is 10.8. The Labute approximate surface area is 228 Å². The van der Waals surface area contributed by atoms with Crippen LogP contribution in [-0.2, 0) is 24.2 Å². The Balaban J connectivity index is 1.78. The number of hydrogen-bond donors (Lipinski definition) is 1. The van der Waals surface area contributed by atoms with Crippen molar-refractivity contribution >= 4 is 17.7 Å². The van der Waals surface area contributed by atoms with E-state index in [1.807, 2.05) is 49.4 Å². The van der Waals surface area contributed by atoms with Gasteiger partial charge in [0.15, 0.2) is 11.5 Å². The number of amides is 1. The first-order valence-corrected chi connectivity index (χ1v) is 12.7. The van der Waals surface area contributed by atoms with Gasteiger partial charge in [0, 0.05) is 24.2 Å². The Bertz CT molecular complexity index is 1380. The van der Waals surface area contributed by atoms with E-state index in [1.54, 1.807) is 24.3 Å². The van der Waals surface area contributed by atoms with Gasteiger partial charge in [0.25, 0.3) is 11.6 Å². The molecule has 0 aliphatic rings. The first-order chi connectivity index (χ1) is 18.9. The van der Waals surface area contributed by atoms with E-state index in [4.69, 9.17) is 9.47 Å². The molecule has 3 aromatic rings. The molecule has 0 spiro atoms. The average molecular weight is 526 g/mol. The van der Waals surface area contributed by atoms with Gasteiger partial charge in [-0.25, -0.2) is 0 Å². The van der Waals surface area contributed by atoms with Crippen molar-refractivity contribution in [2.45, 2.75) is 32.8 Å². The summed E-state index contributed by atoms with van der Waals surface area (Å²) in [4.78, 5) is 23.4. The number of nitrogens with zero attached hydrogens (tertiary/aromatic N) is 2. The molecule has 0 unspecified atom stereocenters. The second kappa shape index (κ2) is 14.7. The summed E-state index contributed by atoms with van der Waals surface area (Å²) in [6.45, 7) is 6.56. The molecular weight excluding hydrogens is 494 g/mol. The quantitative estimate of drug-likeness (QED) is 0.0694. The number of non-ortho nitro benzene ring substituents is 1. The number of ether oxygens (including phenoxy) is 2. The molecule has 8 heteroatoms. The molecule has 39 heavy (non-hydrogen) atoms. The molecule has 3 rings (SSSR count). The lowest BCUT2D eigenvalue weighted by Crippen LogP contribution is -2.25. The van der Waals surface area contributed by atoms with Crippen LogP contribution in [0.25, 0.3) is 6.08 Å². The molecule has 0 saturated heterocycles. The number of carbonyl (C=O) groups excluding carboxylic acids is 1. The molecule has 0 fully saturated rings. The summed E-state index contributed by atoms with van der Waals surface area (Å²) in [5.74, 6) is 0.471. The molecule has 8 nitrogen and oxygen atoms in total. The smallest absolute Gasteiger partial charge is 0.269 e. The summed E-state index contributed by atoms with van der Waals surface area (Å²) in [5, 5.41) is 23.6. The van der Waals surface area contributed by atoms with Crippen LogP contribution in [0.15, 0.2) is 85.0 Å². The van der Waals surface area contributed by atoms with Gasteiger partial charge >= 0.3 is 0 Å². The van der Waals surface area contributed by atoms with Crippen LogP contribution in [0.2, 0.25) is 0 Å². The average Bonchev–Trinajstić information content (AvgIpc) is 2.94. The van der Waals surface area contributed by atoms with Crippen molar-refractivity contribution in [3.63, 3.8) is 0 Å². The van der Waals surface area contributed by atoms with Crippen LogP contribution in [0.5, 0.6) is 11.5 Å². The van der Waals surface area contributed by atoms with Gasteiger partial charge in [-0.3, -0.25) is 14.9 Å². The zero-order valence-corrected chi connectivity index (χ0v) is 21.9. The van der Waals surface area contributed by atoms with Gasteiger partial charge < -0.3 is 14.8 Å². The van der Waals surface area contributed by atoms with Crippen LogP contribution < -0.4 is 14.8 Å². The number of hydrogen-bond acceptors (Lipinski definition) is 6. The lowest BCUT2D eigenvalue weighted by atomic mass is 10.0. The van der Waals surface area contributed by atoms with Crippen LogP contribution in [0.3, 0.4) is 0 Å². The fraction of sp³-hybridized carbons (Fsp3) is 0.226. The summed E-state index contributed by atoms with van der Waals surface area (Å²) < 4.78 is 11.9. The molecule has 0 aromatic heterocycles. The van der Waals surface area contributed by atoms with E-state index < -0.39 is 10.8 Å². The summed E-state index contributed by atoms with van der Waals surface area (Å²) in [7, 11) is 0. The number of aryl methyl sites for hydroxylation is 1. The minimum atomic E-state index is -0.453. The summed E-state index contributed by atoms with van der Waals surface area (Å²) >= 11 is 0. The minimum absolute atomic E-state index is 0.0182. The van der Waals surface area contributed by atoms with Gasteiger partial charge in [-0.05, 0) is 61.1 Å². The second-order valence-electron chi connectivity index (χ2n) is 8.66. The lowest BCUT2D eigenvalue weighted by molar-refractivity contribution is -0.384. The third-order valence-electron chi connectivity index (χ3n) is 5.77. The number of nitrogens with one attached hydrogen (secondary N) is 1. The fourth-order valence-corrected chi connectivity index (χ4v) is 3.97. The summed E-state index contributed by atoms with van der Waals surface area (Å²) in [6.07, 6.45) is 5.26. The molecule has 0 heterocycles. The second-order valence-corrected chi connectivity index (χ2v) is 8.66. The molecular formula is C31H31N3O5. The maximum absolute atomic E-state index is 12.7. The highest BCUT2D eigenvalue weighted by Crippen LogP contribution is 2.35. The van der Waals surface area contributed by atoms with Gasteiger partial charge in [-0.2, -0.15) is 5.26 Å². The first-order valence-electron chi connectivity index (χ1n) is 12.7. The van der Waals surface area contributed by atoms with Crippen molar-refractivity contribution in [3.05, 3.63) is 117 Å². The van der Waals surface area contributed by atoms with E-state index in [2.05, 4.69) is 11.9 Å². The van der Waals surface area contributed by atoms with Crippen molar-refractivity contribution < 1.29 is 19.2 Å². The number of carbonyl (C=O) groups is 1. The molecule has 0 radical (unpaired) electrons. The molecule has 1 N–H and O–H groups in total. The van der Waals surface area contributed by atoms with Gasteiger partial charge in [0.2, 0.25) is 0 Å². The van der Waals surface area contributed by atoms with E-state index in [-0.39, 0.29) is 17.9 Å². The first kappa shape index (κ1) is 28.7. The van der Waals surface area contributed by atoms with Crippen LogP contribution >= 0.6 is 0 Å². The maximum Gasteiger partial charge on any atom is 0.269 e. The largest absolute Gasteiger partial charge is 0.490 e. The van der Waals surface area contributed by atoms with E-state index in [0.29, 0.717) is 42.2 Å². The van der Waals surface area contributed by atoms with Gasteiger partial charge in [-0.15, -0.1) is 6.58 Å². The highest BCUT2D eigenvalue weighted by molar-refractivity contribution is 6.01. The predicted molar refractivity (Wildman–Crippen MR) is 150 cm³/mol. The number of nitro benzene ring substituents is 1. The Morgan fingerprint density at radius 2 is 1.87 bits per heavy atom. The third kappa shape index (κ3) is 8.58. The fourth-order valence-electron chi connectivity index (χ4n) is 3.97. The zero-order chi connectivity index (χ0) is 28.0. The number of allylic oxidation sites excluding steroid dienone is 1. The highest BCUT2D eigenvalue weighted by atomic mass is 16.6. The molecule has 0 aliphatic carbocycles. The van der Waals surface area contributed by atoms with Crippen LogP contribution in [0.4, 0.5) is 5.69 Å². The normalized spacial score (nSPS) is 10.8. The van der Waals surface area contributed by atoms with Crippen LogP contribution in [-0.4, -0.2) is 24.0 Å². The highest BCUT2D eigenvalue weighted by Gasteiger charge is 2.16. The van der Waals surface area contributed by atoms with E-state index in [1.165, 1.54) is 23.8 Å². The lowest BCUT2D eigenvalue weighted by Gasteiger charge is -2.17. The van der Waals surface area contributed by atoms with Crippen molar-refractivity contribution in [3.8, 4) is 17.6 Å². The van der Waals surface area contributed by atoms with Crippen molar-refractivity contribution in [2.75, 3.05) is 13.2 Å². The summed E-state index contributed by atoms with van der Waals surface area (Å²) in [5.41, 5.74) is 3.13. The van der Waals surface area contributed by atoms with Crippen molar-refractivity contribution in [1.82, 2.24) is 5.32 Å². The van der Waals surface area contributed by atoms with Gasteiger partial charge in [0.05, 0.1) is 11.5 Å². The van der Waals surface area contributed by atoms with Gasteiger partial charge in [-0.1, -0.05) is 48.5 Å². The molecule has 0 atom stereocenters. The predicted octanol–water partition coefficient (Wildman–Crippen LogP) is 5.96. The molecule has 0 saturated carbocycles. The number of rotatable bonds is 14. The number of nitriles is 1. The standard InChI is InChI=1S/C31H31N3O5/c1-3-10-26-17-25(18-27(21-32)31(35)33-16-9-14-23-11-6-5-7-12-23)20-29(38-4-2)30(26)39-22-24-13-8-15-28(19-24)34(36)37/h3,5-8,11-13,15,17-20H,1,4,9-10,14,16,22H2,2H3,(H,33,35)/b27-18-. The van der Waals surface area contributed by atoms with Crippen molar-refractivity contribution in [1.29, 1.82) is 5.26 Å². The maximum atomic E-state index is 12.7. The SMILES string of the molecule is C=CCc1cc(/C=C(/C#N)C(=O)NCCCc2ccccc2)cc(OCC)c1OCc1cccc([N+](=O)[O-])c1. The molecule has 1 amide bonds. The molecule has 3 aromatic carbocycles. The van der Waals surface area contributed by atoms with E-state index in [0.717, 1.165) is 18.4 Å². The Morgan fingerprint density at radius 1 is 1.10 bits per heavy atom.